The number of allylic oxidation sites excluding steroid dienone is 1. The van der Waals surface area contributed by atoms with E-state index in [0.29, 0.717) is 42.9 Å². The number of aliphatic imine (C=N–C) groups is 1. The zero-order valence-electron chi connectivity index (χ0n) is 28.9. The van der Waals surface area contributed by atoms with Gasteiger partial charge in [0.2, 0.25) is 0 Å². The first-order valence-corrected chi connectivity index (χ1v) is 18.2. The Balaban J connectivity index is 0.00000504. The number of rotatable bonds is 11. The van der Waals surface area contributed by atoms with Crippen molar-refractivity contribution >= 4 is 63.1 Å². The van der Waals surface area contributed by atoms with E-state index in [1.165, 1.54) is 18.3 Å². The number of fused-ring (bicyclic) bond motifs is 2. The molecular weight excluding hydrogens is 995 g/mol. The third-order valence-electron chi connectivity index (χ3n) is 9.88. The third kappa shape index (κ3) is 8.71. The average molecular weight is 1040 g/mol. The van der Waals surface area contributed by atoms with Gasteiger partial charge < -0.3 is 30.7 Å². The second-order valence-corrected chi connectivity index (χ2v) is 14.8. The average Bonchev–Trinajstić information content (AvgIpc) is 3.83. The Bertz CT molecular complexity index is 1820. The SMILES string of the molecule is CC(C)C(=[N-])N=[C-]/C=C/C(=O)N1CC[C@@H](N(C)c2nc(OCC34CCCN3CCC4)nc3c(F)c(-c4nc(N)ccc4CC(F)I)ncc23)C1.[U+2]. The minimum atomic E-state index is -1.22. The molecule has 268 valence electrons. The van der Waals surface area contributed by atoms with Crippen LogP contribution < -0.4 is 15.4 Å². The summed E-state index contributed by atoms with van der Waals surface area (Å²) in [6.45, 7) is 6.94. The maximum Gasteiger partial charge on any atom is 2.00 e. The molecule has 16 heteroatoms. The largest absolute Gasteiger partial charge is 2.00 e. The predicted molar refractivity (Wildman–Crippen MR) is 199 cm³/mol. The molecule has 1 unspecified atom stereocenters. The molecule has 3 saturated heterocycles. The zero-order valence-corrected chi connectivity index (χ0v) is 35.3. The number of amidine groups is 1. The van der Waals surface area contributed by atoms with E-state index >= 15 is 4.39 Å². The molecule has 6 rings (SSSR count). The first-order chi connectivity index (χ1) is 24.0. The van der Waals surface area contributed by atoms with Gasteiger partial charge in [0.25, 0.3) is 0 Å². The van der Waals surface area contributed by atoms with Crippen LogP contribution in [0.3, 0.4) is 0 Å². The van der Waals surface area contributed by atoms with Gasteiger partial charge in [-0.05, 0) is 79.4 Å². The molecule has 3 aliphatic rings. The van der Waals surface area contributed by atoms with E-state index in [0.717, 1.165) is 38.8 Å². The molecule has 2 atom stereocenters. The second kappa shape index (κ2) is 16.9. The Morgan fingerprint density at radius 3 is 2.69 bits per heavy atom. The maximum absolute atomic E-state index is 16.7. The van der Waals surface area contributed by atoms with Gasteiger partial charge in [0, 0.05) is 38.8 Å². The molecule has 3 fully saturated rings. The van der Waals surface area contributed by atoms with Gasteiger partial charge in [-0.1, -0.05) is 31.9 Å². The Morgan fingerprint density at radius 1 is 1.24 bits per heavy atom. The number of carbonyl (C=O) groups is 1. The summed E-state index contributed by atoms with van der Waals surface area (Å²) in [7, 11) is 1.85. The van der Waals surface area contributed by atoms with Crippen molar-refractivity contribution in [3.8, 4) is 17.4 Å². The molecule has 0 spiro atoms. The molecule has 0 bridgehead atoms. The van der Waals surface area contributed by atoms with E-state index < -0.39 is 10.00 Å². The van der Waals surface area contributed by atoms with Crippen LogP contribution in [0.15, 0.2) is 35.5 Å². The Morgan fingerprint density at radius 2 is 1.98 bits per heavy atom. The van der Waals surface area contributed by atoms with Gasteiger partial charge in [-0.15, -0.1) is 0 Å². The molecule has 2 N–H and O–H groups in total. The van der Waals surface area contributed by atoms with Crippen molar-refractivity contribution < 1.29 is 49.4 Å². The molecule has 0 saturated carbocycles. The number of anilines is 2. The van der Waals surface area contributed by atoms with E-state index in [-0.39, 0.29) is 95.5 Å². The molecule has 6 heterocycles. The number of carbonyl (C=O) groups excluding carboxylic acids is 1. The standard InChI is InChI=1S/C35H41F2IN10O2.U/c1-21(2)32(40)41-13-4-7-27(49)47-16-10-23(19-47)46(3)33-24-18-42-31(29-22(17-25(36)38)8-9-26(39)43-29)28(37)30(24)44-34(45-33)50-20-35-11-5-14-48(35)15-6-12-35;/h4,7-9,18,21,23,25H,5-6,10-12,14-17,19-20H2,1-3H3,(H2,39,43);/q-2;+2/b7-4+;/t23-,25?;/m1./s1. The fraction of sp³-hybridized carbons (Fsp3) is 0.514. The zero-order chi connectivity index (χ0) is 35.6. The number of likely N-dealkylation sites (N-methyl/N-ethyl adjacent to an activating group) is 1. The predicted octanol–water partition coefficient (Wildman–Crippen LogP) is 5.25. The van der Waals surface area contributed by atoms with Crippen molar-refractivity contribution in [1.82, 2.24) is 29.7 Å². The molecule has 0 radical (unpaired) electrons. The molecule has 3 aliphatic heterocycles. The molecule has 51 heavy (non-hydrogen) atoms. The number of ether oxygens (including phenoxy) is 1. The molecular formula is C35H41F2IN10O2U. The number of aromatic nitrogens is 4. The maximum atomic E-state index is 16.7. The van der Waals surface area contributed by atoms with Crippen LogP contribution in [0.1, 0.15) is 51.5 Å². The monoisotopic (exact) mass is 1040 g/mol. The summed E-state index contributed by atoms with van der Waals surface area (Å²) in [6, 6.07) is 3.09. The molecule has 0 aliphatic carbocycles. The van der Waals surface area contributed by atoms with Crippen molar-refractivity contribution in [3.05, 3.63) is 47.3 Å². The van der Waals surface area contributed by atoms with Crippen LogP contribution in [-0.2, 0) is 11.2 Å². The van der Waals surface area contributed by atoms with Gasteiger partial charge in [0.15, 0.2) is 15.9 Å². The number of nitrogen functional groups attached to an aromatic ring is 1. The normalized spacial score (nSPS) is 19.3. The van der Waals surface area contributed by atoms with E-state index in [4.69, 9.17) is 15.5 Å². The van der Waals surface area contributed by atoms with Crippen LogP contribution in [0.5, 0.6) is 6.01 Å². The number of amides is 1. The van der Waals surface area contributed by atoms with Crippen LogP contribution in [0.2, 0.25) is 0 Å². The number of nitrogens with zero attached hydrogens (tertiary/aromatic N) is 9. The van der Waals surface area contributed by atoms with Crippen molar-refractivity contribution in [2.75, 3.05) is 50.5 Å². The number of likely N-dealkylation sites (tertiary alicyclic amines) is 1. The van der Waals surface area contributed by atoms with Gasteiger partial charge in [0.05, 0.1) is 16.6 Å². The smallest absolute Gasteiger partial charge is 0.574 e. The van der Waals surface area contributed by atoms with Crippen LogP contribution >= 0.6 is 22.6 Å². The number of hydrogen-bond acceptors (Lipinski definition) is 9. The summed E-state index contributed by atoms with van der Waals surface area (Å²) in [5, 5.41) is 10.1. The number of pyridine rings is 2. The van der Waals surface area contributed by atoms with Crippen molar-refractivity contribution in [1.29, 1.82) is 0 Å². The van der Waals surface area contributed by atoms with E-state index in [1.807, 2.05) is 11.9 Å². The van der Waals surface area contributed by atoms with Gasteiger partial charge in [-0.3, -0.25) is 14.7 Å². The van der Waals surface area contributed by atoms with Gasteiger partial charge >= 0.3 is 37.1 Å². The van der Waals surface area contributed by atoms with Gasteiger partial charge in [-0.2, -0.15) is 21.9 Å². The molecule has 1 amide bonds. The van der Waals surface area contributed by atoms with Gasteiger partial charge in [0.1, 0.15) is 29.5 Å². The molecule has 3 aromatic heterocycles. The third-order valence-corrected chi connectivity index (χ3v) is 10.3. The van der Waals surface area contributed by atoms with E-state index in [1.54, 1.807) is 53.5 Å². The first-order valence-electron chi connectivity index (χ1n) is 16.9. The quantitative estimate of drug-likeness (QED) is 0.0680. The Labute approximate surface area is 334 Å². The van der Waals surface area contributed by atoms with Gasteiger partial charge in [-0.25, -0.2) is 20.0 Å². The summed E-state index contributed by atoms with van der Waals surface area (Å²) in [6.07, 6.45) is 11.7. The minimum absolute atomic E-state index is 0. The van der Waals surface area contributed by atoms with E-state index in [2.05, 4.69) is 31.1 Å². The Kier molecular flexibility index (Phi) is 13.1. The summed E-state index contributed by atoms with van der Waals surface area (Å²) >= 11 is 1.67. The van der Waals surface area contributed by atoms with Crippen LogP contribution in [0.25, 0.3) is 27.7 Å². The van der Waals surface area contributed by atoms with Crippen molar-refractivity contribution in [2.45, 2.75) is 68.1 Å². The van der Waals surface area contributed by atoms with Crippen molar-refractivity contribution in [2.24, 2.45) is 10.9 Å². The first kappa shape index (κ1) is 39.4. The summed E-state index contributed by atoms with van der Waals surface area (Å²) in [4.78, 5) is 41.1. The number of alkyl halides is 2. The summed E-state index contributed by atoms with van der Waals surface area (Å²) in [5.41, 5.74) is 6.44. The van der Waals surface area contributed by atoms with Crippen LogP contribution in [-0.4, -0.2) is 103 Å². The van der Waals surface area contributed by atoms with Crippen LogP contribution in [0.4, 0.5) is 20.4 Å². The topological polar surface area (TPSA) is 148 Å². The molecule has 3 aromatic rings. The summed E-state index contributed by atoms with van der Waals surface area (Å²) in [5.74, 6) is -0.582. The number of nitrogens with two attached hydrogens (primary N) is 1. The van der Waals surface area contributed by atoms with Crippen LogP contribution in [0, 0.1) is 42.8 Å². The van der Waals surface area contributed by atoms with E-state index in [9.17, 15) is 14.6 Å². The summed E-state index contributed by atoms with van der Waals surface area (Å²) < 4.78 is 35.9. The fourth-order valence-electron chi connectivity index (χ4n) is 7.10. The minimum Gasteiger partial charge on any atom is -0.574 e. The fourth-order valence-corrected chi connectivity index (χ4v) is 7.57. The number of hydrogen-bond donors (Lipinski definition) is 1. The van der Waals surface area contributed by atoms with Crippen molar-refractivity contribution in [3.63, 3.8) is 0 Å². The molecule has 0 aromatic carbocycles. The Hall–Kier alpha value is -2.81. The second-order valence-electron chi connectivity index (χ2n) is 13.5. The number of halogens is 3. The molecule has 12 nitrogen and oxygen atoms in total.